The first-order valence-electron chi connectivity index (χ1n) is 18.8. The molecule has 3 N–H and O–H groups in total. The van der Waals surface area contributed by atoms with Gasteiger partial charge in [-0.1, -0.05) is 24.6 Å². The highest BCUT2D eigenvalue weighted by Crippen LogP contribution is 2.33. The van der Waals surface area contributed by atoms with Gasteiger partial charge in [0.15, 0.2) is 17.5 Å². The van der Waals surface area contributed by atoms with Gasteiger partial charge in [0.2, 0.25) is 17.8 Å². The minimum absolute atomic E-state index is 0.0402. The van der Waals surface area contributed by atoms with Gasteiger partial charge in [-0.3, -0.25) is 29.2 Å². The molecule has 1 aliphatic rings. The number of aromatic nitrogens is 6. The van der Waals surface area contributed by atoms with Gasteiger partial charge in [0.05, 0.1) is 48.8 Å². The molecule has 5 aromatic rings. The molecule has 58 heavy (non-hydrogen) atoms. The number of halogens is 3. The van der Waals surface area contributed by atoms with Crippen LogP contribution in [0.4, 0.5) is 20.4 Å². The minimum Gasteiger partial charge on any atom is -0.340 e. The lowest BCUT2D eigenvalue weighted by atomic mass is 10.00. The van der Waals surface area contributed by atoms with Gasteiger partial charge < -0.3 is 24.6 Å². The molecule has 4 amide bonds. The van der Waals surface area contributed by atoms with E-state index in [1.54, 1.807) is 24.0 Å². The van der Waals surface area contributed by atoms with Crippen molar-refractivity contribution in [2.24, 2.45) is 13.0 Å². The molecule has 0 aliphatic carbocycles. The predicted molar refractivity (Wildman–Crippen MR) is 213 cm³/mol. The van der Waals surface area contributed by atoms with Crippen molar-refractivity contribution in [1.29, 1.82) is 0 Å². The number of amides is 4. The summed E-state index contributed by atoms with van der Waals surface area (Å²) in [5, 5.41) is 9.66. The van der Waals surface area contributed by atoms with E-state index < -0.39 is 23.4 Å². The Kier molecular flexibility index (Phi) is 12.9. The molecule has 0 saturated carbocycles. The zero-order valence-electron chi connectivity index (χ0n) is 32.9. The molecule has 1 aliphatic heterocycles. The molecule has 0 bridgehead atoms. The molecular weight excluding hydrogens is 772 g/mol. The van der Waals surface area contributed by atoms with Crippen LogP contribution in [0.3, 0.4) is 0 Å². The zero-order valence-corrected chi connectivity index (χ0v) is 33.6. The van der Waals surface area contributed by atoms with Gasteiger partial charge in [-0.25, -0.2) is 23.7 Å². The number of aryl methyl sites for hydroxylation is 1. The molecule has 304 valence electrons. The summed E-state index contributed by atoms with van der Waals surface area (Å²) in [5.41, 5.74) is 1.15. The largest absolute Gasteiger partial charge is 0.340 e. The minimum atomic E-state index is -1.16. The first kappa shape index (κ1) is 41.6. The maximum Gasteiger partial charge on any atom is 0.291 e. The van der Waals surface area contributed by atoms with Crippen LogP contribution in [-0.4, -0.2) is 110 Å². The summed E-state index contributed by atoms with van der Waals surface area (Å²) in [6, 6.07) is 8.91. The normalized spacial score (nSPS) is 13.5. The van der Waals surface area contributed by atoms with E-state index in [1.807, 2.05) is 11.8 Å². The molecule has 1 unspecified atom stereocenters. The number of hydrogen-bond donors (Lipinski definition) is 3. The van der Waals surface area contributed by atoms with Gasteiger partial charge in [0, 0.05) is 86.5 Å². The Morgan fingerprint density at radius 2 is 1.59 bits per heavy atom. The number of hydrogen-bond acceptors (Lipinski definition) is 8. The summed E-state index contributed by atoms with van der Waals surface area (Å²) in [6.45, 7) is 5.96. The summed E-state index contributed by atoms with van der Waals surface area (Å²) in [5.74, 6) is -3.57. The van der Waals surface area contributed by atoms with Crippen molar-refractivity contribution in [3.63, 3.8) is 0 Å². The second kappa shape index (κ2) is 18.0. The molecular formula is C40H45ClF2N11O4+. The number of nitrogens with one attached hydrogen (secondary N) is 3. The van der Waals surface area contributed by atoms with Crippen LogP contribution in [0.2, 0.25) is 5.02 Å². The maximum absolute atomic E-state index is 15.7. The van der Waals surface area contributed by atoms with Crippen LogP contribution in [0.5, 0.6) is 0 Å². The van der Waals surface area contributed by atoms with Crippen molar-refractivity contribution in [2.45, 2.75) is 33.2 Å². The van der Waals surface area contributed by atoms with Crippen molar-refractivity contribution < 1.29 is 32.9 Å². The smallest absolute Gasteiger partial charge is 0.291 e. The molecule has 15 nitrogen and oxygen atoms in total. The van der Waals surface area contributed by atoms with Crippen LogP contribution >= 0.6 is 11.6 Å². The fourth-order valence-corrected chi connectivity index (χ4v) is 7.10. The average Bonchev–Trinajstić information content (AvgIpc) is 3.76. The van der Waals surface area contributed by atoms with Crippen molar-refractivity contribution in [3.8, 4) is 22.4 Å². The van der Waals surface area contributed by atoms with Crippen LogP contribution in [0.15, 0.2) is 61.2 Å². The van der Waals surface area contributed by atoms with Crippen LogP contribution in [0.25, 0.3) is 22.4 Å². The first-order valence-corrected chi connectivity index (χ1v) is 19.2. The third-order valence-corrected chi connectivity index (χ3v) is 10.4. The molecule has 18 heteroatoms. The van der Waals surface area contributed by atoms with Crippen molar-refractivity contribution >= 4 is 46.9 Å². The van der Waals surface area contributed by atoms with Gasteiger partial charge in [-0.2, -0.15) is 5.10 Å². The second-order valence-corrected chi connectivity index (χ2v) is 14.8. The van der Waals surface area contributed by atoms with E-state index in [1.165, 1.54) is 70.2 Å². The van der Waals surface area contributed by atoms with Crippen LogP contribution in [-0.2, 0) is 23.2 Å². The number of imidazole rings is 1. The Balaban J connectivity index is 1.08. The van der Waals surface area contributed by atoms with E-state index in [9.17, 15) is 19.2 Å². The summed E-state index contributed by atoms with van der Waals surface area (Å²) in [7, 11) is 5.63. The zero-order chi connectivity index (χ0) is 41.7. The molecule has 6 rings (SSSR count). The Morgan fingerprint density at radius 1 is 0.914 bits per heavy atom. The highest BCUT2D eigenvalue weighted by atomic mass is 35.5. The van der Waals surface area contributed by atoms with E-state index in [-0.39, 0.29) is 69.0 Å². The highest BCUT2D eigenvalue weighted by molar-refractivity contribution is 6.34. The van der Waals surface area contributed by atoms with Crippen LogP contribution < -0.4 is 15.5 Å². The molecule has 4 heterocycles. The summed E-state index contributed by atoms with van der Waals surface area (Å²) in [6.07, 6.45) is 7.26. The Labute approximate surface area is 339 Å². The molecule has 0 spiro atoms. The van der Waals surface area contributed by atoms with E-state index in [0.29, 0.717) is 37.6 Å². The van der Waals surface area contributed by atoms with E-state index in [4.69, 9.17) is 11.6 Å². The number of carbonyl (C=O) groups is 4. The van der Waals surface area contributed by atoms with Gasteiger partial charge in [0.1, 0.15) is 6.54 Å². The quantitative estimate of drug-likeness (QED) is 0.162. The highest BCUT2D eigenvalue weighted by Gasteiger charge is 2.30. The molecule has 1 fully saturated rings. The lowest BCUT2D eigenvalue weighted by Crippen LogP contribution is -3.05. The fourth-order valence-electron chi connectivity index (χ4n) is 6.84. The summed E-state index contributed by atoms with van der Waals surface area (Å²) >= 11 is 6.55. The van der Waals surface area contributed by atoms with Crippen molar-refractivity contribution in [1.82, 2.24) is 39.1 Å². The summed E-state index contributed by atoms with van der Waals surface area (Å²) < 4.78 is 34.0. The predicted octanol–water partition coefficient (Wildman–Crippen LogP) is 3.72. The van der Waals surface area contributed by atoms with E-state index in [0.717, 1.165) is 19.4 Å². The number of quaternary nitrogens is 1. The van der Waals surface area contributed by atoms with Crippen LogP contribution in [0, 0.1) is 24.5 Å². The van der Waals surface area contributed by atoms with E-state index >= 15 is 8.78 Å². The second-order valence-electron chi connectivity index (χ2n) is 14.4. The Morgan fingerprint density at radius 3 is 2.26 bits per heavy atom. The van der Waals surface area contributed by atoms with Gasteiger partial charge in [-0.05, 0) is 43.7 Å². The maximum atomic E-state index is 15.7. The van der Waals surface area contributed by atoms with Crippen molar-refractivity contribution in [2.75, 3.05) is 57.5 Å². The molecule has 2 aromatic carbocycles. The van der Waals surface area contributed by atoms with Crippen LogP contribution in [0.1, 0.15) is 46.4 Å². The van der Waals surface area contributed by atoms with Gasteiger partial charge >= 0.3 is 0 Å². The SMILES string of the molecule is CCC(CC[NH+](C)C)C(=O)N1CCN(C(=O)c2ccc(NC(=O)c3ncc(-c4ccc(-c5cn(CC(=O)Nc6ncccn6)nc5C)c(F)c4F)n3C)cc2Cl)CC1. The Hall–Kier alpha value is -6.07. The number of piperazine rings is 1. The fraction of sp³-hybridized carbons (Fsp3) is 0.350. The molecule has 0 radical (unpaired) electrons. The molecule has 1 atom stereocenters. The number of anilines is 2. The number of carbonyl (C=O) groups excluding carboxylic acids is 4. The third-order valence-electron chi connectivity index (χ3n) is 10.1. The topological polar surface area (TPSA) is 165 Å². The van der Waals surface area contributed by atoms with Crippen molar-refractivity contribution in [3.05, 3.63) is 94.9 Å². The molecule has 3 aromatic heterocycles. The van der Waals surface area contributed by atoms with E-state index in [2.05, 4.69) is 44.8 Å². The number of rotatable bonds is 13. The average molecular weight is 817 g/mol. The monoisotopic (exact) mass is 816 g/mol. The standard InChI is InChI=1S/C40H44ClF2N11O4/c1-6-25(12-15-50(3)4)38(57)52-16-18-53(19-17-52)39(58)28-9-8-26(20-31(28)41)47-37(56)36-46-21-32(51(36)5)29-11-10-27(34(42)35(29)43)30-22-54(49-24(30)2)23-33(55)48-40-44-13-7-14-45-40/h7-11,13-14,20-22,25H,6,12,15-19,23H2,1-5H3,(H,47,56)(H,44,45,48,55)/p+1. The number of nitrogens with zero attached hydrogens (tertiary/aromatic N) is 8. The first-order chi connectivity index (χ1) is 27.7. The number of benzene rings is 2. The van der Waals surface area contributed by atoms with Gasteiger partial charge in [-0.15, -0.1) is 0 Å². The molecule has 1 saturated heterocycles. The Bertz CT molecular complexity index is 2320. The lowest BCUT2D eigenvalue weighted by molar-refractivity contribution is -0.858. The summed E-state index contributed by atoms with van der Waals surface area (Å²) in [4.78, 5) is 69.2. The lowest BCUT2D eigenvalue weighted by Gasteiger charge is -2.36. The van der Waals surface area contributed by atoms with Gasteiger partial charge in [0.25, 0.3) is 11.8 Å². The third kappa shape index (κ3) is 9.21.